The Hall–Kier alpha value is -5.07. The molecule has 2 heterocycles. The van der Waals surface area contributed by atoms with E-state index in [0.29, 0.717) is 0 Å². The van der Waals surface area contributed by atoms with E-state index < -0.39 is 0 Å². The van der Waals surface area contributed by atoms with Gasteiger partial charge >= 0.3 is 0 Å². The molecule has 8 aromatic carbocycles. The van der Waals surface area contributed by atoms with Crippen molar-refractivity contribution in [1.29, 1.82) is 0 Å². The normalized spacial score (nSPS) is 13.1. The summed E-state index contributed by atoms with van der Waals surface area (Å²) in [6.45, 7) is 18.6. The van der Waals surface area contributed by atoms with Crippen LogP contribution in [0, 0.1) is 55.4 Å². The molecule has 0 saturated carbocycles. The van der Waals surface area contributed by atoms with Crippen molar-refractivity contribution in [3.63, 3.8) is 0 Å². The minimum atomic E-state index is 0.204. The molecule has 2 aliphatic rings. The Bertz CT molecular complexity index is 2490. The second-order valence-corrected chi connectivity index (χ2v) is 15.8. The molecule has 0 N–H and O–H groups in total. The summed E-state index contributed by atoms with van der Waals surface area (Å²) in [5.41, 5.74) is 25.3. The monoisotopic (exact) mass is 638 g/mol. The van der Waals surface area contributed by atoms with E-state index in [0.717, 1.165) is 0 Å². The van der Waals surface area contributed by atoms with E-state index in [1.165, 1.54) is 132 Å². The molecule has 2 heteroatoms. The molecule has 0 spiro atoms. The fourth-order valence-corrected chi connectivity index (χ4v) is 10.6. The number of benzene rings is 8. The van der Waals surface area contributed by atoms with Crippen LogP contribution in [0.1, 0.15) is 44.5 Å². The van der Waals surface area contributed by atoms with Crippen molar-refractivity contribution in [2.45, 2.75) is 55.4 Å². The molecular weight excluding hydrogens is 598 g/mol. The predicted molar refractivity (Wildman–Crippen MR) is 221 cm³/mol. The lowest BCUT2D eigenvalue weighted by atomic mass is 9.36. The molecule has 10 rings (SSSR count). The molecule has 0 radical (unpaired) electrons. The number of hydrogen-bond acceptors (Lipinski definition) is 0. The topological polar surface area (TPSA) is 0 Å². The molecule has 0 saturated heterocycles. The fourth-order valence-electron chi connectivity index (χ4n) is 10.6. The van der Waals surface area contributed by atoms with E-state index in [9.17, 15) is 0 Å². The van der Waals surface area contributed by atoms with Crippen LogP contribution in [0.4, 0.5) is 0 Å². The zero-order chi connectivity index (χ0) is 34.3. The fraction of sp³-hybridized carbons (Fsp3) is 0.167. The Morgan fingerprint density at radius 1 is 0.320 bits per heavy atom. The van der Waals surface area contributed by atoms with Crippen LogP contribution in [0.15, 0.2) is 97.1 Å². The quantitative estimate of drug-likeness (QED) is 0.133. The standard InChI is InChI=1S/C48H40B2/c1-25-17-29(5)45-37(21-25)38-22-26(2)18-30(6)46(38)49(45)41-15-11-33-10-14-36-42(16-12-34-9-13-35(41)43(33)44(34)36)50-47-31(7)19-27(3)23-39(47)40-24-28(4)20-32(8)48(40)50/h9-24H,1-8H3. The van der Waals surface area contributed by atoms with Crippen LogP contribution in [0.3, 0.4) is 0 Å². The van der Waals surface area contributed by atoms with Crippen LogP contribution < -0.4 is 32.8 Å². The Morgan fingerprint density at radius 3 is 0.900 bits per heavy atom. The molecule has 0 unspecified atom stereocenters. The van der Waals surface area contributed by atoms with Crippen molar-refractivity contribution >= 4 is 78.5 Å². The molecule has 0 amide bonds. The second kappa shape index (κ2) is 10.2. The van der Waals surface area contributed by atoms with Gasteiger partial charge in [-0.2, -0.15) is 0 Å². The third-order valence-electron chi connectivity index (χ3n) is 12.2. The highest BCUT2D eigenvalue weighted by Gasteiger charge is 2.39. The molecule has 0 aromatic heterocycles. The molecule has 50 heavy (non-hydrogen) atoms. The Kier molecular flexibility index (Phi) is 6.10. The highest BCUT2D eigenvalue weighted by Crippen LogP contribution is 2.37. The Labute approximate surface area is 296 Å². The van der Waals surface area contributed by atoms with Gasteiger partial charge < -0.3 is 0 Å². The largest absolute Gasteiger partial charge is 0.244 e. The molecule has 238 valence electrons. The van der Waals surface area contributed by atoms with Gasteiger partial charge in [-0.25, -0.2) is 0 Å². The van der Waals surface area contributed by atoms with Gasteiger partial charge in [0.1, 0.15) is 0 Å². The van der Waals surface area contributed by atoms with E-state index in [1.807, 2.05) is 0 Å². The van der Waals surface area contributed by atoms with Gasteiger partial charge in [-0.05, 0) is 110 Å². The molecule has 2 aliphatic heterocycles. The Morgan fingerprint density at radius 2 is 0.600 bits per heavy atom. The van der Waals surface area contributed by atoms with Gasteiger partial charge in [-0.15, -0.1) is 0 Å². The predicted octanol–water partition coefficient (Wildman–Crippen LogP) is 8.04. The molecular formula is C48H40B2. The first-order valence-electron chi connectivity index (χ1n) is 18.2. The SMILES string of the molecule is Cc1cc(C)c2c(c1)-c1cc(C)cc(C)c1B2c1ccc2ccc3c(B4c5c(C)cc(C)cc5-c5cc(C)cc(C)c54)ccc4ccc1c2c43. The lowest BCUT2D eigenvalue weighted by Gasteiger charge is -2.22. The first-order chi connectivity index (χ1) is 24.1. The minimum absolute atomic E-state index is 0.204. The van der Waals surface area contributed by atoms with Crippen molar-refractivity contribution in [2.24, 2.45) is 0 Å². The summed E-state index contributed by atoms with van der Waals surface area (Å²) < 4.78 is 0. The average Bonchev–Trinajstić information content (AvgIpc) is 3.57. The first kappa shape index (κ1) is 29.8. The number of hydrogen-bond donors (Lipinski definition) is 0. The van der Waals surface area contributed by atoms with Gasteiger partial charge in [0.05, 0.1) is 0 Å². The molecule has 0 aliphatic carbocycles. The summed E-state index contributed by atoms with van der Waals surface area (Å²) in [5.74, 6) is 0. The average molecular weight is 638 g/mol. The Balaban J connectivity index is 1.27. The van der Waals surface area contributed by atoms with Crippen LogP contribution in [-0.2, 0) is 0 Å². The van der Waals surface area contributed by atoms with Crippen LogP contribution in [0.5, 0.6) is 0 Å². The van der Waals surface area contributed by atoms with Gasteiger partial charge in [0.15, 0.2) is 0 Å². The van der Waals surface area contributed by atoms with Crippen LogP contribution >= 0.6 is 0 Å². The summed E-state index contributed by atoms with van der Waals surface area (Å²) in [6, 6.07) is 38.5. The van der Waals surface area contributed by atoms with Gasteiger partial charge in [0.2, 0.25) is 13.4 Å². The number of fused-ring (bicyclic) bond motifs is 6. The zero-order valence-electron chi connectivity index (χ0n) is 30.4. The van der Waals surface area contributed by atoms with E-state index >= 15 is 0 Å². The third kappa shape index (κ3) is 3.91. The second-order valence-electron chi connectivity index (χ2n) is 15.8. The van der Waals surface area contributed by atoms with Crippen LogP contribution in [0.25, 0.3) is 54.6 Å². The lowest BCUT2D eigenvalue weighted by Crippen LogP contribution is -2.51. The summed E-state index contributed by atoms with van der Waals surface area (Å²) >= 11 is 0. The summed E-state index contributed by atoms with van der Waals surface area (Å²) in [7, 11) is 0. The van der Waals surface area contributed by atoms with Crippen molar-refractivity contribution in [3.8, 4) is 22.3 Å². The highest BCUT2D eigenvalue weighted by atomic mass is 14.3. The van der Waals surface area contributed by atoms with Gasteiger partial charge in [-0.3, -0.25) is 0 Å². The first-order valence-corrected chi connectivity index (χ1v) is 18.2. The molecule has 0 atom stereocenters. The van der Waals surface area contributed by atoms with Gasteiger partial charge in [0.25, 0.3) is 0 Å². The van der Waals surface area contributed by atoms with E-state index in [2.05, 4.69) is 152 Å². The van der Waals surface area contributed by atoms with E-state index in [1.54, 1.807) is 0 Å². The molecule has 8 aromatic rings. The van der Waals surface area contributed by atoms with E-state index in [-0.39, 0.29) is 13.4 Å². The number of rotatable bonds is 2. The third-order valence-corrected chi connectivity index (χ3v) is 12.2. The molecule has 0 nitrogen and oxygen atoms in total. The summed E-state index contributed by atoms with van der Waals surface area (Å²) in [4.78, 5) is 0. The zero-order valence-corrected chi connectivity index (χ0v) is 30.4. The summed E-state index contributed by atoms with van der Waals surface area (Å²) in [5, 5.41) is 8.22. The van der Waals surface area contributed by atoms with E-state index in [4.69, 9.17) is 0 Å². The van der Waals surface area contributed by atoms with Gasteiger partial charge in [-0.1, -0.05) is 174 Å². The van der Waals surface area contributed by atoms with Crippen molar-refractivity contribution < 1.29 is 0 Å². The number of aryl methyl sites for hydroxylation is 8. The van der Waals surface area contributed by atoms with Crippen LogP contribution in [0.2, 0.25) is 0 Å². The van der Waals surface area contributed by atoms with Crippen LogP contribution in [-0.4, -0.2) is 13.4 Å². The lowest BCUT2D eigenvalue weighted by molar-refractivity contribution is 1.40. The van der Waals surface area contributed by atoms with Gasteiger partial charge in [0, 0.05) is 0 Å². The maximum atomic E-state index is 2.44. The van der Waals surface area contributed by atoms with Crippen molar-refractivity contribution in [3.05, 3.63) is 142 Å². The molecule has 0 fully saturated rings. The highest BCUT2D eigenvalue weighted by molar-refractivity contribution is 7.01. The molecule has 0 bridgehead atoms. The van der Waals surface area contributed by atoms with Crippen molar-refractivity contribution in [1.82, 2.24) is 0 Å². The summed E-state index contributed by atoms with van der Waals surface area (Å²) in [6.07, 6.45) is 0. The maximum Gasteiger partial charge on any atom is 0.244 e. The van der Waals surface area contributed by atoms with Crippen molar-refractivity contribution in [2.75, 3.05) is 0 Å². The maximum absolute atomic E-state index is 2.44. The minimum Gasteiger partial charge on any atom is -0.0657 e. The smallest absolute Gasteiger partial charge is 0.0657 e.